The van der Waals surface area contributed by atoms with Gasteiger partial charge < -0.3 is 10.4 Å². The van der Waals surface area contributed by atoms with Gasteiger partial charge in [-0.1, -0.05) is 39.3 Å². The summed E-state index contributed by atoms with van der Waals surface area (Å²) in [6, 6.07) is 3.16. The Hall–Kier alpha value is -1.22. The van der Waals surface area contributed by atoms with Gasteiger partial charge in [0.05, 0.1) is 5.02 Å². The van der Waals surface area contributed by atoms with Gasteiger partial charge in [-0.3, -0.25) is 4.79 Å². The van der Waals surface area contributed by atoms with Gasteiger partial charge in [-0.15, -0.1) is 0 Å². The summed E-state index contributed by atoms with van der Waals surface area (Å²) < 4.78 is 0. The normalized spacial score (nSPS) is 8.18. The molecule has 0 bridgehead atoms. The van der Waals surface area contributed by atoms with Crippen molar-refractivity contribution in [3.63, 3.8) is 0 Å². The molecule has 4 heteroatoms. The summed E-state index contributed by atoms with van der Waals surface area (Å²) in [5, 5.41) is 12.1. The lowest BCUT2D eigenvalue weighted by Crippen LogP contribution is -2.05. The molecular weight excluding hydrogens is 238 g/mol. The summed E-state index contributed by atoms with van der Waals surface area (Å²) >= 11 is 5.70. The first kappa shape index (κ1) is 18.2. The van der Waals surface area contributed by atoms with Crippen LogP contribution in [0.2, 0.25) is 5.02 Å². The highest BCUT2D eigenvalue weighted by Crippen LogP contribution is 2.30. The van der Waals surface area contributed by atoms with Gasteiger partial charge in [-0.05, 0) is 24.6 Å². The van der Waals surface area contributed by atoms with Crippen LogP contribution in [-0.2, 0) is 4.79 Å². The van der Waals surface area contributed by atoms with Gasteiger partial charge in [0.2, 0.25) is 5.91 Å². The van der Waals surface area contributed by atoms with Crippen molar-refractivity contribution in [1.82, 2.24) is 0 Å². The van der Waals surface area contributed by atoms with E-state index in [1.807, 2.05) is 27.7 Å². The highest BCUT2D eigenvalue weighted by Gasteiger charge is 2.05. The lowest BCUT2D eigenvalue weighted by Gasteiger charge is -2.06. The zero-order valence-electron chi connectivity index (χ0n) is 11.4. The molecule has 0 saturated heterocycles. The Morgan fingerprint density at radius 2 is 1.71 bits per heavy atom. The summed E-state index contributed by atoms with van der Waals surface area (Å²) in [6.07, 6.45) is 0. The first-order valence-corrected chi connectivity index (χ1v) is 6.15. The van der Waals surface area contributed by atoms with Gasteiger partial charge in [0.15, 0.2) is 0 Å². The Labute approximate surface area is 109 Å². The van der Waals surface area contributed by atoms with Crippen molar-refractivity contribution >= 4 is 23.2 Å². The highest BCUT2D eigenvalue weighted by molar-refractivity contribution is 6.32. The van der Waals surface area contributed by atoms with E-state index < -0.39 is 0 Å². The smallest absolute Gasteiger partial charge is 0.221 e. The lowest BCUT2D eigenvalue weighted by atomic mass is 10.2. The topological polar surface area (TPSA) is 49.3 Å². The van der Waals surface area contributed by atoms with Crippen LogP contribution in [0.1, 0.15) is 40.2 Å². The van der Waals surface area contributed by atoms with Crippen LogP contribution in [0, 0.1) is 6.92 Å². The van der Waals surface area contributed by atoms with Crippen LogP contribution in [0.4, 0.5) is 5.69 Å². The molecule has 0 aromatic heterocycles. The zero-order chi connectivity index (χ0) is 14.0. The third-order valence-corrected chi connectivity index (χ3v) is 1.86. The fourth-order valence-corrected chi connectivity index (χ4v) is 1.28. The van der Waals surface area contributed by atoms with Crippen molar-refractivity contribution in [2.75, 3.05) is 5.32 Å². The average Bonchev–Trinajstić information content (AvgIpc) is 2.30. The number of hydrogen-bond acceptors (Lipinski definition) is 2. The molecule has 3 nitrogen and oxygen atoms in total. The third kappa shape index (κ3) is 6.84. The van der Waals surface area contributed by atoms with Crippen LogP contribution >= 0.6 is 11.6 Å². The molecule has 0 radical (unpaired) electrons. The number of halogens is 1. The molecule has 1 rings (SSSR count). The van der Waals surface area contributed by atoms with E-state index in [1.165, 1.54) is 13.0 Å². The van der Waals surface area contributed by atoms with Crippen LogP contribution in [0.5, 0.6) is 5.75 Å². The number of carbonyl (C=O) groups excluding carboxylic acids is 1. The first-order valence-electron chi connectivity index (χ1n) is 5.77. The predicted molar refractivity (Wildman–Crippen MR) is 74.9 cm³/mol. The van der Waals surface area contributed by atoms with E-state index in [9.17, 15) is 9.90 Å². The van der Waals surface area contributed by atoms with E-state index in [1.54, 1.807) is 13.0 Å². The van der Waals surface area contributed by atoms with Crippen molar-refractivity contribution in [3.8, 4) is 5.75 Å². The Balaban J connectivity index is 0. The average molecular weight is 260 g/mol. The molecule has 1 aromatic rings. The standard InChI is InChI=1S/C9H10ClNO2.2C2H6/c1-5-3-7(11-6(2)12)4-8(10)9(5)13;2*1-2/h3-4,13H,1-2H3,(H,11,12);2*1-2H3. The minimum atomic E-state index is -0.166. The number of aromatic hydroxyl groups is 1. The van der Waals surface area contributed by atoms with E-state index in [4.69, 9.17) is 11.6 Å². The quantitative estimate of drug-likeness (QED) is 0.736. The number of phenolic OH excluding ortho intramolecular Hbond substituents is 1. The van der Waals surface area contributed by atoms with Crippen LogP contribution in [-0.4, -0.2) is 11.0 Å². The number of rotatable bonds is 1. The van der Waals surface area contributed by atoms with Gasteiger partial charge in [0, 0.05) is 12.6 Å². The predicted octanol–water partition coefficient (Wildman–Crippen LogP) is 4.36. The number of hydrogen-bond donors (Lipinski definition) is 2. The fraction of sp³-hybridized carbons (Fsp3) is 0.462. The van der Waals surface area contributed by atoms with Gasteiger partial charge >= 0.3 is 0 Å². The lowest BCUT2D eigenvalue weighted by molar-refractivity contribution is -0.114. The second kappa shape index (κ2) is 9.97. The molecule has 0 aliphatic rings. The van der Waals surface area contributed by atoms with E-state index in [-0.39, 0.29) is 16.7 Å². The van der Waals surface area contributed by atoms with E-state index in [0.717, 1.165) is 0 Å². The molecule has 0 aliphatic carbocycles. The van der Waals surface area contributed by atoms with E-state index >= 15 is 0 Å². The Morgan fingerprint density at radius 3 is 2.06 bits per heavy atom. The Morgan fingerprint density at radius 1 is 1.24 bits per heavy atom. The summed E-state index contributed by atoms with van der Waals surface area (Å²) in [5.41, 5.74) is 1.23. The van der Waals surface area contributed by atoms with Crippen molar-refractivity contribution in [2.45, 2.75) is 41.5 Å². The maximum Gasteiger partial charge on any atom is 0.221 e. The SMILES string of the molecule is CC.CC.CC(=O)Nc1cc(C)c(O)c(Cl)c1. The molecule has 1 aromatic carbocycles. The highest BCUT2D eigenvalue weighted by atomic mass is 35.5. The van der Waals surface area contributed by atoms with Gasteiger partial charge in [-0.25, -0.2) is 0 Å². The molecule has 0 fully saturated rings. The number of anilines is 1. The zero-order valence-corrected chi connectivity index (χ0v) is 12.1. The molecule has 0 aliphatic heterocycles. The maximum atomic E-state index is 10.7. The summed E-state index contributed by atoms with van der Waals surface area (Å²) in [7, 11) is 0. The van der Waals surface area contributed by atoms with Crippen molar-refractivity contribution < 1.29 is 9.90 Å². The monoisotopic (exact) mass is 259 g/mol. The maximum absolute atomic E-state index is 10.7. The van der Waals surface area contributed by atoms with Crippen LogP contribution in [0.25, 0.3) is 0 Å². The Kier molecular flexibility index (Phi) is 10.6. The second-order valence-corrected chi connectivity index (χ2v) is 3.21. The number of aryl methyl sites for hydroxylation is 1. The van der Waals surface area contributed by atoms with Gasteiger partial charge in [0.1, 0.15) is 5.75 Å². The number of phenols is 1. The minimum absolute atomic E-state index is 0.0516. The van der Waals surface area contributed by atoms with Crippen LogP contribution in [0.3, 0.4) is 0 Å². The molecule has 2 N–H and O–H groups in total. The van der Waals surface area contributed by atoms with Gasteiger partial charge in [0.25, 0.3) is 0 Å². The number of carbonyl (C=O) groups is 1. The number of nitrogens with one attached hydrogen (secondary N) is 1. The van der Waals surface area contributed by atoms with Crippen molar-refractivity contribution in [2.24, 2.45) is 0 Å². The Bertz CT molecular complexity index is 328. The molecule has 0 saturated carbocycles. The van der Waals surface area contributed by atoms with E-state index in [2.05, 4.69) is 5.32 Å². The summed E-state index contributed by atoms with van der Waals surface area (Å²) in [6.45, 7) is 11.1. The number of benzene rings is 1. The van der Waals surface area contributed by atoms with Crippen LogP contribution < -0.4 is 5.32 Å². The molecule has 0 spiro atoms. The molecule has 0 unspecified atom stereocenters. The molecule has 17 heavy (non-hydrogen) atoms. The number of amides is 1. The molecule has 0 atom stereocenters. The van der Waals surface area contributed by atoms with E-state index in [0.29, 0.717) is 11.3 Å². The molecule has 98 valence electrons. The molecule has 1 amide bonds. The molecular formula is C13H22ClNO2. The van der Waals surface area contributed by atoms with Crippen molar-refractivity contribution in [3.05, 3.63) is 22.7 Å². The fourth-order valence-electron chi connectivity index (χ4n) is 1.01. The molecule has 0 heterocycles. The summed E-state index contributed by atoms with van der Waals surface area (Å²) in [4.78, 5) is 10.7. The van der Waals surface area contributed by atoms with Gasteiger partial charge in [-0.2, -0.15) is 0 Å². The van der Waals surface area contributed by atoms with Crippen molar-refractivity contribution in [1.29, 1.82) is 0 Å². The second-order valence-electron chi connectivity index (χ2n) is 2.80. The summed E-state index contributed by atoms with van der Waals surface area (Å²) in [5.74, 6) is -0.114. The third-order valence-electron chi connectivity index (χ3n) is 1.57. The minimum Gasteiger partial charge on any atom is -0.506 e. The largest absolute Gasteiger partial charge is 0.506 e. The first-order chi connectivity index (χ1) is 8.00. The van der Waals surface area contributed by atoms with Crippen LogP contribution in [0.15, 0.2) is 12.1 Å².